The summed E-state index contributed by atoms with van der Waals surface area (Å²) >= 11 is 11.7. The normalized spacial score (nSPS) is 15.4. The first-order chi connectivity index (χ1) is 10.5. The van der Waals surface area contributed by atoms with E-state index in [0.29, 0.717) is 21.4 Å². The Hall–Kier alpha value is -2.04. The molecule has 6 heteroatoms. The minimum Gasteiger partial charge on any atom is -0.293 e. The number of hydrogen-bond acceptors (Lipinski definition) is 2. The Morgan fingerprint density at radius 2 is 1.05 bits per heavy atom. The SMILES string of the molecule is O=C1CC(=O)N(c2ccc(Cl)cc2)CN1c1ccc(Cl)cc1. The van der Waals surface area contributed by atoms with E-state index < -0.39 is 0 Å². The topological polar surface area (TPSA) is 40.6 Å². The zero-order valence-corrected chi connectivity index (χ0v) is 13.0. The highest BCUT2D eigenvalue weighted by molar-refractivity contribution is 6.31. The molecule has 22 heavy (non-hydrogen) atoms. The molecule has 2 amide bonds. The first kappa shape index (κ1) is 14.9. The third kappa shape index (κ3) is 2.93. The van der Waals surface area contributed by atoms with Gasteiger partial charge in [-0.1, -0.05) is 23.2 Å². The van der Waals surface area contributed by atoms with Crippen LogP contribution in [0.4, 0.5) is 11.4 Å². The number of carbonyl (C=O) groups is 2. The molecule has 3 rings (SSSR count). The third-order valence-corrected chi connectivity index (χ3v) is 3.97. The smallest absolute Gasteiger partial charge is 0.237 e. The quantitative estimate of drug-likeness (QED) is 0.785. The van der Waals surface area contributed by atoms with Gasteiger partial charge < -0.3 is 0 Å². The summed E-state index contributed by atoms with van der Waals surface area (Å²) in [6, 6.07) is 13.9. The van der Waals surface area contributed by atoms with Crippen LogP contribution in [0, 0.1) is 0 Å². The number of carbonyl (C=O) groups excluding carboxylic acids is 2. The molecule has 1 aliphatic rings. The van der Waals surface area contributed by atoms with Crippen molar-refractivity contribution >= 4 is 46.4 Å². The highest BCUT2D eigenvalue weighted by atomic mass is 35.5. The molecule has 0 aliphatic carbocycles. The fourth-order valence-corrected chi connectivity index (χ4v) is 2.56. The van der Waals surface area contributed by atoms with Gasteiger partial charge in [0.2, 0.25) is 11.8 Å². The lowest BCUT2D eigenvalue weighted by Gasteiger charge is -2.35. The number of rotatable bonds is 2. The lowest BCUT2D eigenvalue weighted by atomic mass is 10.2. The Labute approximate surface area is 137 Å². The molecule has 0 aromatic heterocycles. The van der Waals surface area contributed by atoms with Crippen LogP contribution in [-0.4, -0.2) is 18.5 Å². The third-order valence-electron chi connectivity index (χ3n) is 3.46. The summed E-state index contributed by atoms with van der Waals surface area (Å²) in [5, 5.41) is 1.19. The Morgan fingerprint density at radius 1 is 0.682 bits per heavy atom. The summed E-state index contributed by atoms with van der Waals surface area (Å²) in [6.07, 6.45) is -0.161. The van der Waals surface area contributed by atoms with Crippen LogP contribution in [0.3, 0.4) is 0 Å². The van der Waals surface area contributed by atoms with Crippen LogP contribution in [0.5, 0.6) is 0 Å². The average Bonchev–Trinajstić information content (AvgIpc) is 2.50. The Balaban J connectivity index is 1.89. The van der Waals surface area contributed by atoms with E-state index in [9.17, 15) is 9.59 Å². The summed E-state index contributed by atoms with van der Waals surface area (Å²) in [5.41, 5.74) is 1.42. The van der Waals surface area contributed by atoms with Gasteiger partial charge in [0.15, 0.2) is 0 Å². The number of amides is 2. The molecular formula is C16H12Cl2N2O2. The first-order valence-corrected chi connectivity index (χ1v) is 7.42. The van der Waals surface area contributed by atoms with Gasteiger partial charge in [0, 0.05) is 21.4 Å². The molecule has 0 N–H and O–H groups in total. The van der Waals surface area contributed by atoms with Gasteiger partial charge in [-0.05, 0) is 48.5 Å². The van der Waals surface area contributed by atoms with E-state index in [1.807, 2.05) is 0 Å². The van der Waals surface area contributed by atoms with Crippen molar-refractivity contribution in [2.24, 2.45) is 0 Å². The largest absolute Gasteiger partial charge is 0.293 e. The summed E-state index contributed by atoms with van der Waals surface area (Å²) in [4.78, 5) is 27.4. The zero-order chi connectivity index (χ0) is 15.7. The molecule has 0 saturated carbocycles. The number of anilines is 2. The molecule has 0 radical (unpaired) electrons. The molecule has 0 unspecified atom stereocenters. The number of nitrogens with zero attached hydrogens (tertiary/aromatic N) is 2. The fourth-order valence-electron chi connectivity index (χ4n) is 2.31. The van der Waals surface area contributed by atoms with Crippen LogP contribution in [0.1, 0.15) is 6.42 Å². The van der Waals surface area contributed by atoms with Crippen molar-refractivity contribution in [2.45, 2.75) is 6.42 Å². The lowest BCUT2D eigenvalue weighted by molar-refractivity contribution is -0.128. The number of halogens is 2. The average molecular weight is 335 g/mol. The maximum Gasteiger partial charge on any atom is 0.237 e. The van der Waals surface area contributed by atoms with E-state index >= 15 is 0 Å². The standard InChI is InChI=1S/C16H12Cl2N2O2/c17-11-1-5-13(6-2-11)19-10-20(16(22)9-15(19)21)14-7-3-12(18)4-8-14/h1-8H,9-10H2. The monoisotopic (exact) mass is 334 g/mol. The first-order valence-electron chi connectivity index (χ1n) is 6.66. The van der Waals surface area contributed by atoms with Crippen molar-refractivity contribution in [1.82, 2.24) is 0 Å². The second-order valence-corrected chi connectivity index (χ2v) is 5.79. The molecular weight excluding hydrogens is 323 g/mol. The van der Waals surface area contributed by atoms with Crippen LogP contribution in [-0.2, 0) is 9.59 Å². The van der Waals surface area contributed by atoms with Crippen molar-refractivity contribution < 1.29 is 9.59 Å². The van der Waals surface area contributed by atoms with E-state index in [1.165, 1.54) is 0 Å². The zero-order valence-electron chi connectivity index (χ0n) is 11.5. The molecule has 1 saturated heterocycles. The molecule has 112 valence electrons. The van der Waals surface area contributed by atoms with Gasteiger partial charge in [-0.25, -0.2) is 0 Å². The number of benzene rings is 2. The molecule has 0 atom stereocenters. The molecule has 2 aromatic carbocycles. The van der Waals surface area contributed by atoms with E-state index in [2.05, 4.69) is 0 Å². The fraction of sp³-hybridized carbons (Fsp3) is 0.125. The molecule has 0 spiro atoms. The molecule has 2 aromatic rings. The minimum atomic E-state index is -0.225. The second-order valence-electron chi connectivity index (χ2n) is 4.91. The van der Waals surface area contributed by atoms with Crippen molar-refractivity contribution in [2.75, 3.05) is 16.5 Å². The van der Waals surface area contributed by atoms with E-state index in [1.54, 1.807) is 58.3 Å². The van der Waals surface area contributed by atoms with Crippen molar-refractivity contribution in [1.29, 1.82) is 0 Å². The Morgan fingerprint density at radius 3 is 1.41 bits per heavy atom. The van der Waals surface area contributed by atoms with Crippen LogP contribution in [0.15, 0.2) is 48.5 Å². The molecule has 1 heterocycles. The molecule has 4 nitrogen and oxygen atoms in total. The molecule has 1 aliphatic heterocycles. The number of hydrogen-bond donors (Lipinski definition) is 0. The van der Waals surface area contributed by atoms with Gasteiger partial charge in [0.05, 0.1) is 0 Å². The van der Waals surface area contributed by atoms with Gasteiger partial charge in [-0.2, -0.15) is 0 Å². The van der Waals surface area contributed by atoms with Crippen LogP contribution in [0.25, 0.3) is 0 Å². The maximum atomic E-state index is 12.1. The Bertz CT molecular complexity index is 652. The van der Waals surface area contributed by atoms with Crippen LogP contribution < -0.4 is 9.80 Å². The molecule has 1 fully saturated rings. The van der Waals surface area contributed by atoms with Gasteiger partial charge in [-0.15, -0.1) is 0 Å². The van der Waals surface area contributed by atoms with Gasteiger partial charge in [-0.3, -0.25) is 19.4 Å². The highest BCUT2D eigenvalue weighted by Crippen LogP contribution is 2.26. The van der Waals surface area contributed by atoms with Gasteiger partial charge in [0.1, 0.15) is 13.1 Å². The van der Waals surface area contributed by atoms with E-state index in [4.69, 9.17) is 23.2 Å². The van der Waals surface area contributed by atoms with E-state index in [0.717, 1.165) is 0 Å². The van der Waals surface area contributed by atoms with Gasteiger partial charge >= 0.3 is 0 Å². The highest BCUT2D eigenvalue weighted by Gasteiger charge is 2.31. The predicted molar refractivity (Wildman–Crippen MR) is 87.4 cm³/mol. The maximum absolute atomic E-state index is 12.1. The Kier molecular flexibility index (Phi) is 4.05. The van der Waals surface area contributed by atoms with Crippen molar-refractivity contribution in [3.63, 3.8) is 0 Å². The van der Waals surface area contributed by atoms with E-state index in [-0.39, 0.29) is 24.9 Å². The van der Waals surface area contributed by atoms with Crippen LogP contribution in [0.2, 0.25) is 10.0 Å². The summed E-state index contributed by atoms with van der Waals surface area (Å²) in [6.45, 7) is 0.168. The minimum absolute atomic E-state index is 0.161. The van der Waals surface area contributed by atoms with Crippen LogP contribution >= 0.6 is 23.2 Å². The lowest BCUT2D eigenvalue weighted by Crippen LogP contribution is -2.51. The summed E-state index contributed by atoms with van der Waals surface area (Å²) in [5.74, 6) is -0.449. The molecule has 0 bridgehead atoms. The van der Waals surface area contributed by atoms with Crippen molar-refractivity contribution in [3.8, 4) is 0 Å². The summed E-state index contributed by atoms with van der Waals surface area (Å²) < 4.78 is 0. The second kappa shape index (κ2) is 5.99. The predicted octanol–water partition coefficient (Wildman–Crippen LogP) is 3.72. The van der Waals surface area contributed by atoms with Gasteiger partial charge in [0.25, 0.3) is 0 Å². The van der Waals surface area contributed by atoms with Crippen molar-refractivity contribution in [3.05, 3.63) is 58.6 Å². The summed E-state index contributed by atoms with van der Waals surface area (Å²) in [7, 11) is 0.